The van der Waals surface area contributed by atoms with Gasteiger partial charge < -0.3 is 4.90 Å². The summed E-state index contributed by atoms with van der Waals surface area (Å²) in [6.07, 6.45) is 2.08. The van der Waals surface area contributed by atoms with E-state index in [1.54, 1.807) is 0 Å². The molecule has 112 valence electrons. The lowest BCUT2D eigenvalue weighted by atomic mass is 9.99. The van der Waals surface area contributed by atoms with Crippen LogP contribution in [0.5, 0.6) is 0 Å². The lowest BCUT2D eigenvalue weighted by molar-refractivity contribution is -0.134. The van der Waals surface area contributed by atoms with Gasteiger partial charge in [0.05, 0.1) is 11.7 Å². The Balaban J connectivity index is 2.85. The lowest BCUT2D eigenvalue weighted by Crippen LogP contribution is -2.45. The quantitative estimate of drug-likeness (QED) is 0.780. The summed E-state index contributed by atoms with van der Waals surface area (Å²) in [6, 6.07) is 0.307. The molecule has 0 saturated carbocycles. The molecular formula is C15H30N2OS. The van der Waals surface area contributed by atoms with E-state index < -0.39 is 0 Å². The van der Waals surface area contributed by atoms with Crippen molar-refractivity contribution in [3.8, 4) is 0 Å². The average molecular weight is 286 g/mol. The van der Waals surface area contributed by atoms with Gasteiger partial charge in [-0.25, -0.2) is 0 Å². The molecule has 3 unspecified atom stereocenters. The number of amides is 1. The van der Waals surface area contributed by atoms with Gasteiger partial charge in [-0.3, -0.25) is 10.1 Å². The Morgan fingerprint density at radius 3 is 2.47 bits per heavy atom. The van der Waals surface area contributed by atoms with E-state index in [4.69, 9.17) is 0 Å². The van der Waals surface area contributed by atoms with Crippen LogP contribution in [0.25, 0.3) is 0 Å². The van der Waals surface area contributed by atoms with Gasteiger partial charge in [0, 0.05) is 11.8 Å². The molecule has 1 N–H and O–H groups in total. The van der Waals surface area contributed by atoms with Crippen molar-refractivity contribution in [1.82, 2.24) is 10.2 Å². The van der Waals surface area contributed by atoms with Crippen LogP contribution in [0.15, 0.2) is 0 Å². The maximum atomic E-state index is 12.7. The summed E-state index contributed by atoms with van der Waals surface area (Å²) in [4.78, 5) is 14.8. The molecule has 0 radical (unpaired) electrons. The Kier molecular flexibility index (Phi) is 6.18. The number of carbonyl (C=O) groups excluding carboxylic acids is 1. The Morgan fingerprint density at radius 2 is 2.00 bits per heavy atom. The zero-order valence-electron chi connectivity index (χ0n) is 13.3. The second-order valence-electron chi connectivity index (χ2n) is 6.20. The van der Waals surface area contributed by atoms with Gasteiger partial charge in [0.2, 0.25) is 5.91 Å². The van der Waals surface area contributed by atoms with Crippen molar-refractivity contribution in [3.63, 3.8) is 0 Å². The minimum Gasteiger partial charge on any atom is -0.322 e. The molecule has 1 rings (SSSR count). The smallest absolute Gasteiger partial charge is 0.244 e. The minimum absolute atomic E-state index is 0.199. The van der Waals surface area contributed by atoms with Crippen molar-refractivity contribution in [2.45, 2.75) is 72.1 Å². The fourth-order valence-electron chi connectivity index (χ4n) is 2.67. The molecule has 0 aliphatic carbocycles. The molecule has 1 amide bonds. The van der Waals surface area contributed by atoms with Crippen molar-refractivity contribution in [2.75, 3.05) is 11.5 Å². The molecule has 1 saturated heterocycles. The SMILES string of the molecule is CCSCC(C)N1C(=O)C(C)(CC)NC1CC(C)C. The van der Waals surface area contributed by atoms with Crippen LogP contribution < -0.4 is 5.32 Å². The summed E-state index contributed by atoms with van der Waals surface area (Å²) in [5.74, 6) is 3.01. The number of nitrogens with zero attached hydrogens (tertiary/aromatic N) is 1. The van der Waals surface area contributed by atoms with Crippen molar-refractivity contribution < 1.29 is 4.79 Å². The summed E-state index contributed by atoms with van der Waals surface area (Å²) in [5.41, 5.74) is -0.370. The largest absolute Gasteiger partial charge is 0.322 e. The van der Waals surface area contributed by atoms with Crippen LogP contribution in [0.3, 0.4) is 0 Å². The number of rotatable bonds is 7. The predicted octanol–water partition coefficient (Wildman–Crippen LogP) is 3.10. The highest BCUT2D eigenvalue weighted by Gasteiger charge is 2.48. The first-order chi connectivity index (χ1) is 8.85. The van der Waals surface area contributed by atoms with Crippen LogP contribution in [-0.4, -0.2) is 40.1 Å². The van der Waals surface area contributed by atoms with Crippen LogP contribution in [0.4, 0.5) is 0 Å². The standard InChI is InChI=1S/C15H30N2OS/c1-7-15(6)14(18)17(12(5)10-19-8-2)13(16-15)9-11(3)4/h11-13,16H,7-10H2,1-6H3. The van der Waals surface area contributed by atoms with E-state index in [-0.39, 0.29) is 17.6 Å². The number of thioether (sulfide) groups is 1. The Bertz CT molecular complexity index is 309. The van der Waals surface area contributed by atoms with Gasteiger partial charge in [-0.15, -0.1) is 0 Å². The van der Waals surface area contributed by atoms with Gasteiger partial charge in [0.25, 0.3) is 0 Å². The van der Waals surface area contributed by atoms with E-state index in [1.807, 2.05) is 18.7 Å². The topological polar surface area (TPSA) is 32.3 Å². The van der Waals surface area contributed by atoms with Crippen LogP contribution in [0.2, 0.25) is 0 Å². The van der Waals surface area contributed by atoms with Crippen LogP contribution in [0.1, 0.15) is 54.4 Å². The van der Waals surface area contributed by atoms with Crippen molar-refractivity contribution in [3.05, 3.63) is 0 Å². The van der Waals surface area contributed by atoms with Gasteiger partial charge in [-0.1, -0.05) is 27.7 Å². The molecule has 1 aliphatic heterocycles. The van der Waals surface area contributed by atoms with Gasteiger partial charge in [0.1, 0.15) is 0 Å². The summed E-state index contributed by atoms with van der Waals surface area (Å²) in [5, 5.41) is 3.57. The number of carbonyl (C=O) groups is 1. The molecule has 19 heavy (non-hydrogen) atoms. The normalized spacial score (nSPS) is 29.3. The molecule has 0 bridgehead atoms. The van der Waals surface area contributed by atoms with Gasteiger partial charge >= 0.3 is 0 Å². The first-order valence-corrected chi connectivity index (χ1v) is 8.69. The Hall–Kier alpha value is -0.220. The van der Waals surface area contributed by atoms with Gasteiger partial charge in [-0.2, -0.15) is 11.8 Å². The highest BCUT2D eigenvalue weighted by Crippen LogP contribution is 2.29. The number of hydrogen-bond donors (Lipinski definition) is 1. The molecular weight excluding hydrogens is 256 g/mol. The molecule has 1 aliphatic rings. The highest BCUT2D eigenvalue weighted by atomic mass is 32.2. The van der Waals surface area contributed by atoms with E-state index >= 15 is 0 Å². The summed E-state index contributed by atoms with van der Waals surface area (Å²) in [6.45, 7) is 12.9. The van der Waals surface area contributed by atoms with Crippen LogP contribution in [-0.2, 0) is 4.79 Å². The predicted molar refractivity (Wildman–Crippen MR) is 84.4 cm³/mol. The number of nitrogens with one attached hydrogen (secondary N) is 1. The first-order valence-electron chi connectivity index (χ1n) is 7.53. The highest BCUT2D eigenvalue weighted by molar-refractivity contribution is 7.99. The fourth-order valence-corrected chi connectivity index (χ4v) is 3.41. The summed E-state index contributed by atoms with van der Waals surface area (Å²) < 4.78 is 0. The van der Waals surface area contributed by atoms with E-state index in [0.717, 1.165) is 24.3 Å². The monoisotopic (exact) mass is 286 g/mol. The van der Waals surface area contributed by atoms with E-state index in [1.165, 1.54) is 0 Å². The molecule has 3 nitrogen and oxygen atoms in total. The third kappa shape index (κ3) is 3.88. The average Bonchev–Trinajstić information content (AvgIpc) is 2.58. The fraction of sp³-hybridized carbons (Fsp3) is 0.933. The first kappa shape index (κ1) is 16.8. The second-order valence-corrected chi connectivity index (χ2v) is 7.52. The zero-order chi connectivity index (χ0) is 14.6. The third-order valence-corrected chi connectivity index (χ3v) is 5.09. The molecule has 0 aromatic carbocycles. The molecule has 3 atom stereocenters. The van der Waals surface area contributed by atoms with E-state index in [9.17, 15) is 4.79 Å². The molecule has 1 fully saturated rings. The number of hydrogen-bond acceptors (Lipinski definition) is 3. The van der Waals surface area contributed by atoms with E-state index in [2.05, 4.69) is 44.8 Å². The maximum absolute atomic E-state index is 12.7. The van der Waals surface area contributed by atoms with Gasteiger partial charge in [0.15, 0.2) is 0 Å². The molecule has 1 heterocycles. The molecule has 4 heteroatoms. The molecule has 0 spiro atoms. The van der Waals surface area contributed by atoms with Gasteiger partial charge in [-0.05, 0) is 38.4 Å². The summed E-state index contributed by atoms with van der Waals surface area (Å²) in [7, 11) is 0. The summed E-state index contributed by atoms with van der Waals surface area (Å²) >= 11 is 1.91. The zero-order valence-corrected chi connectivity index (χ0v) is 14.1. The molecule has 0 aromatic rings. The van der Waals surface area contributed by atoms with Crippen molar-refractivity contribution in [2.24, 2.45) is 5.92 Å². The van der Waals surface area contributed by atoms with Crippen LogP contribution in [0, 0.1) is 5.92 Å². The van der Waals surface area contributed by atoms with Crippen LogP contribution >= 0.6 is 11.8 Å². The lowest BCUT2D eigenvalue weighted by Gasteiger charge is -2.31. The van der Waals surface area contributed by atoms with Crippen molar-refractivity contribution >= 4 is 17.7 Å². The Morgan fingerprint density at radius 1 is 1.37 bits per heavy atom. The van der Waals surface area contributed by atoms with E-state index in [0.29, 0.717) is 12.0 Å². The maximum Gasteiger partial charge on any atom is 0.244 e. The third-order valence-electron chi connectivity index (χ3n) is 3.97. The molecule has 0 aromatic heterocycles. The minimum atomic E-state index is -0.370. The Labute approximate surface area is 122 Å². The van der Waals surface area contributed by atoms with Crippen molar-refractivity contribution in [1.29, 1.82) is 0 Å². The second kappa shape index (κ2) is 6.98.